The molecular formula is C19H27N5O4. The molecule has 2 amide bonds. The lowest BCUT2D eigenvalue weighted by Crippen LogP contribution is -2.51. The maximum atomic E-state index is 12.9. The summed E-state index contributed by atoms with van der Waals surface area (Å²) in [6, 6.07) is 1.53. The van der Waals surface area contributed by atoms with Crippen molar-refractivity contribution in [2.45, 2.75) is 45.8 Å². The highest BCUT2D eigenvalue weighted by atomic mass is 16.5. The second-order valence-electron chi connectivity index (χ2n) is 7.03. The smallest absolute Gasteiger partial charge is 0.242 e. The summed E-state index contributed by atoms with van der Waals surface area (Å²) in [4.78, 5) is 33.1. The molecule has 0 unspecified atom stereocenters. The van der Waals surface area contributed by atoms with E-state index in [1.165, 1.54) is 0 Å². The van der Waals surface area contributed by atoms with Crippen molar-refractivity contribution in [1.29, 1.82) is 0 Å². The van der Waals surface area contributed by atoms with Gasteiger partial charge in [-0.1, -0.05) is 12.1 Å². The third kappa shape index (κ3) is 4.78. The second-order valence-corrected chi connectivity index (χ2v) is 7.03. The number of amides is 2. The fourth-order valence-electron chi connectivity index (χ4n) is 3.36. The maximum Gasteiger partial charge on any atom is 0.242 e. The van der Waals surface area contributed by atoms with E-state index in [4.69, 9.17) is 9.26 Å². The van der Waals surface area contributed by atoms with Gasteiger partial charge in [0.25, 0.3) is 0 Å². The summed E-state index contributed by atoms with van der Waals surface area (Å²) in [7, 11) is 1.72. The lowest BCUT2D eigenvalue weighted by Gasteiger charge is -2.36. The van der Waals surface area contributed by atoms with E-state index in [0.29, 0.717) is 32.1 Å². The Morgan fingerprint density at radius 2 is 2.21 bits per heavy atom. The van der Waals surface area contributed by atoms with Gasteiger partial charge in [0.05, 0.1) is 31.5 Å². The quantitative estimate of drug-likeness (QED) is 0.702. The zero-order valence-electron chi connectivity index (χ0n) is 16.6. The van der Waals surface area contributed by atoms with Crippen molar-refractivity contribution < 1.29 is 18.8 Å². The third-order valence-electron chi connectivity index (χ3n) is 4.88. The van der Waals surface area contributed by atoms with E-state index in [1.54, 1.807) is 29.1 Å². The maximum absolute atomic E-state index is 12.9. The molecule has 3 rings (SSSR count). The fraction of sp³-hybridized carbons (Fsp3) is 0.579. The SMILES string of the molecule is CCc1nccn1CC(=O)N1CCOC[C@@H]1CC(=O)N(C)Cc1cc(C)no1. The Morgan fingerprint density at radius 1 is 1.39 bits per heavy atom. The number of carbonyl (C=O) groups excluding carboxylic acids is 2. The number of aryl methyl sites for hydroxylation is 2. The highest BCUT2D eigenvalue weighted by Crippen LogP contribution is 2.15. The predicted octanol–water partition coefficient (Wildman–Crippen LogP) is 1.02. The van der Waals surface area contributed by atoms with Crippen molar-refractivity contribution >= 4 is 11.8 Å². The molecule has 28 heavy (non-hydrogen) atoms. The van der Waals surface area contributed by atoms with Crippen LogP contribution in [0.5, 0.6) is 0 Å². The van der Waals surface area contributed by atoms with Gasteiger partial charge in [0, 0.05) is 44.9 Å². The molecule has 0 aromatic carbocycles. The molecule has 1 aliphatic rings. The van der Waals surface area contributed by atoms with E-state index in [1.807, 2.05) is 24.6 Å². The Labute approximate surface area is 164 Å². The van der Waals surface area contributed by atoms with Crippen LogP contribution in [-0.2, 0) is 33.8 Å². The number of imidazole rings is 1. The zero-order chi connectivity index (χ0) is 20.1. The van der Waals surface area contributed by atoms with Gasteiger partial charge in [0.15, 0.2) is 5.76 Å². The van der Waals surface area contributed by atoms with Gasteiger partial charge in [-0.2, -0.15) is 0 Å². The molecule has 3 heterocycles. The van der Waals surface area contributed by atoms with Gasteiger partial charge in [-0.15, -0.1) is 0 Å². The minimum atomic E-state index is -0.277. The molecule has 9 heteroatoms. The summed E-state index contributed by atoms with van der Waals surface area (Å²) in [6.07, 6.45) is 4.48. The first-order valence-corrected chi connectivity index (χ1v) is 9.51. The Hall–Kier alpha value is -2.68. The molecule has 2 aromatic rings. The van der Waals surface area contributed by atoms with Crippen molar-refractivity contribution in [1.82, 2.24) is 24.5 Å². The number of rotatable bonds is 7. The Balaban J connectivity index is 1.60. The van der Waals surface area contributed by atoms with Crippen LogP contribution in [0.1, 0.15) is 30.6 Å². The van der Waals surface area contributed by atoms with Crippen LogP contribution in [0.25, 0.3) is 0 Å². The minimum absolute atomic E-state index is 0.0256. The summed E-state index contributed by atoms with van der Waals surface area (Å²) in [5, 5.41) is 3.84. The highest BCUT2D eigenvalue weighted by Gasteiger charge is 2.30. The average molecular weight is 389 g/mol. The van der Waals surface area contributed by atoms with Crippen LogP contribution in [0.3, 0.4) is 0 Å². The summed E-state index contributed by atoms with van der Waals surface area (Å²) >= 11 is 0. The second kappa shape index (κ2) is 9.01. The molecule has 0 saturated carbocycles. The van der Waals surface area contributed by atoms with Crippen LogP contribution in [0, 0.1) is 6.92 Å². The number of nitrogens with zero attached hydrogens (tertiary/aromatic N) is 5. The van der Waals surface area contributed by atoms with Crippen LogP contribution in [0.4, 0.5) is 0 Å². The Bertz CT molecular complexity index is 815. The van der Waals surface area contributed by atoms with Crippen molar-refractivity contribution in [3.8, 4) is 0 Å². The summed E-state index contributed by atoms with van der Waals surface area (Å²) in [5.41, 5.74) is 0.777. The van der Waals surface area contributed by atoms with Crippen molar-refractivity contribution in [3.05, 3.63) is 35.7 Å². The van der Waals surface area contributed by atoms with Gasteiger partial charge in [0.1, 0.15) is 12.4 Å². The lowest BCUT2D eigenvalue weighted by atomic mass is 10.1. The van der Waals surface area contributed by atoms with E-state index in [-0.39, 0.29) is 30.8 Å². The standard InChI is InChI=1S/C19H27N5O4/c1-4-17-20-5-6-23(17)12-19(26)24-7-8-27-13-15(24)10-18(25)22(3)11-16-9-14(2)21-28-16/h5-6,9,15H,4,7-8,10-13H2,1-3H3/t15-/m0/s1. The molecule has 0 spiro atoms. The molecule has 0 bridgehead atoms. The number of ether oxygens (including phenoxy) is 1. The average Bonchev–Trinajstić information content (AvgIpc) is 3.30. The van der Waals surface area contributed by atoms with Gasteiger partial charge >= 0.3 is 0 Å². The number of morpholine rings is 1. The van der Waals surface area contributed by atoms with Crippen LogP contribution < -0.4 is 0 Å². The van der Waals surface area contributed by atoms with E-state index >= 15 is 0 Å². The minimum Gasteiger partial charge on any atom is -0.377 e. The van der Waals surface area contributed by atoms with Gasteiger partial charge in [0.2, 0.25) is 11.8 Å². The van der Waals surface area contributed by atoms with Crippen LogP contribution in [0.2, 0.25) is 0 Å². The first-order chi connectivity index (χ1) is 13.5. The highest BCUT2D eigenvalue weighted by molar-refractivity contribution is 5.80. The lowest BCUT2D eigenvalue weighted by molar-refractivity contribution is -0.144. The van der Waals surface area contributed by atoms with Crippen molar-refractivity contribution in [2.24, 2.45) is 0 Å². The van der Waals surface area contributed by atoms with Crippen molar-refractivity contribution in [2.75, 3.05) is 26.8 Å². The summed E-state index contributed by atoms with van der Waals surface area (Å²) in [6.45, 7) is 5.73. The Morgan fingerprint density at radius 3 is 2.93 bits per heavy atom. The van der Waals surface area contributed by atoms with Crippen LogP contribution in [-0.4, -0.2) is 69.2 Å². The molecule has 152 valence electrons. The number of hydrogen-bond acceptors (Lipinski definition) is 6. The zero-order valence-corrected chi connectivity index (χ0v) is 16.6. The number of hydrogen-bond donors (Lipinski definition) is 0. The fourth-order valence-corrected chi connectivity index (χ4v) is 3.36. The van der Waals surface area contributed by atoms with Crippen LogP contribution in [0.15, 0.2) is 23.0 Å². The first-order valence-electron chi connectivity index (χ1n) is 9.51. The largest absolute Gasteiger partial charge is 0.377 e. The first kappa shape index (κ1) is 20.1. The molecule has 1 atom stereocenters. The van der Waals surface area contributed by atoms with Gasteiger partial charge in [-0.3, -0.25) is 9.59 Å². The van der Waals surface area contributed by atoms with E-state index in [9.17, 15) is 9.59 Å². The normalized spacial score (nSPS) is 17.0. The van der Waals surface area contributed by atoms with E-state index < -0.39 is 0 Å². The topological polar surface area (TPSA) is 93.7 Å². The molecule has 1 saturated heterocycles. The molecular weight excluding hydrogens is 362 g/mol. The molecule has 1 aliphatic heterocycles. The molecule has 1 fully saturated rings. The molecule has 0 radical (unpaired) electrons. The van der Waals surface area contributed by atoms with Crippen molar-refractivity contribution in [3.63, 3.8) is 0 Å². The monoisotopic (exact) mass is 389 g/mol. The van der Waals surface area contributed by atoms with Gasteiger partial charge in [-0.05, 0) is 6.92 Å². The summed E-state index contributed by atoms with van der Waals surface area (Å²) in [5.74, 6) is 1.41. The van der Waals surface area contributed by atoms with E-state index in [0.717, 1.165) is 17.9 Å². The molecule has 0 aliphatic carbocycles. The summed E-state index contributed by atoms with van der Waals surface area (Å²) < 4.78 is 12.6. The molecule has 2 aromatic heterocycles. The predicted molar refractivity (Wildman–Crippen MR) is 100 cm³/mol. The van der Waals surface area contributed by atoms with Gasteiger partial charge < -0.3 is 23.6 Å². The number of carbonyl (C=O) groups is 2. The van der Waals surface area contributed by atoms with E-state index in [2.05, 4.69) is 10.1 Å². The number of aromatic nitrogens is 3. The molecule has 9 nitrogen and oxygen atoms in total. The molecule has 0 N–H and O–H groups in total. The third-order valence-corrected chi connectivity index (χ3v) is 4.88. The van der Waals surface area contributed by atoms with Gasteiger partial charge in [-0.25, -0.2) is 4.98 Å². The van der Waals surface area contributed by atoms with Crippen LogP contribution >= 0.6 is 0 Å². The Kier molecular flexibility index (Phi) is 6.45.